The van der Waals surface area contributed by atoms with Gasteiger partial charge in [0.1, 0.15) is 12.4 Å². The number of hydrogen-bond acceptors (Lipinski definition) is 4. The number of hydrogen-bond donors (Lipinski definition) is 2. The molecule has 1 aliphatic rings. The van der Waals surface area contributed by atoms with Crippen LogP contribution in [0, 0.1) is 0 Å². The van der Waals surface area contributed by atoms with E-state index in [0.29, 0.717) is 13.1 Å². The predicted octanol–water partition coefficient (Wildman–Crippen LogP) is 1.32. The van der Waals surface area contributed by atoms with E-state index in [1.54, 1.807) is 7.11 Å². The summed E-state index contributed by atoms with van der Waals surface area (Å²) in [7, 11) is 1.71. The van der Waals surface area contributed by atoms with Gasteiger partial charge in [-0.25, -0.2) is 4.99 Å². The molecule has 0 unspecified atom stereocenters. The van der Waals surface area contributed by atoms with Crippen LogP contribution in [0.3, 0.4) is 0 Å². The zero-order valence-corrected chi connectivity index (χ0v) is 16.2. The summed E-state index contributed by atoms with van der Waals surface area (Å²) in [4.78, 5) is 4.59. The lowest BCUT2D eigenvalue weighted by Gasteiger charge is -2.24. The molecule has 0 spiro atoms. The van der Waals surface area contributed by atoms with Gasteiger partial charge in [0, 0.05) is 33.2 Å². The number of rotatable bonds is 6. The van der Waals surface area contributed by atoms with Crippen LogP contribution in [-0.2, 0) is 24.2 Å². The van der Waals surface area contributed by atoms with Crippen LogP contribution in [0.15, 0.2) is 4.99 Å². The van der Waals surface area contributed by atoms with Crippen molar-refractivity contribution in [2.75, 3.05) is 20.2 Å². The summed E-state index contributed by atoms with van der Waals surface area (Å²) in [5.41, 5.74) is -0.230. The minimum atomic E-state index is -0.230. The Morgan fingerprint density at radius 3 is 2.82 bits per heavy atom. The number of aryl methyl sites for hydroxylation is 1. The third kappa shape index (κ3) is 5.08. The summed E-state index contributed by atoms with van der Waals surface area (Å²) in [6, 6.07) is 0. The average molecular weight is 422 g/mol. The lowest BCUT2D eigenvalue weighted by molar-refractivity contribution is 0.0268. The number of methoxy groups -OCH3 is 1. The van der Waals surface area contributed by atoms with Crippen LogP contribution in [0.2, 0.25) is 0 Å². The van der Waals surface area contributed by atoms with Crippen LogP contribution in [-0.4, -0.2) is 46.5 Å². The molecule has 126 valence electrons. The van der Waals surface area contributed by atoms with Gasteiger partial charge in [0.15, 0.2) is 11.8 Å². The number of fused-ring (bicyclic) bond motifs is 1. The predicted molar refractivity (Wildman–Crippen MR) is 97.7 cm³/mol. The Bertz CT molecular complexity index is 500. The molecule has 1 aromatic heterocycles. The molecule has 0 fully saturated rings. The molecule has 22 heavy (non-hydrogen) atoms. The van der Waals surface area contributed by atoms with E-state index in [1.807, 2.05) is 20.8 Å². The molecule has 0 bridgehead atoms. The fourth-order valence-corrected chi connectivity index (χ4v) is 2.19. The highest BCUT2D eigenvalue weighted by Gasteiger charge is 2.18. The van der Waals surface area contributed by atoms with Gasteiger partial charge < -0.3 is 19.9 Å². The second-order valence-electron chi connectivity index (χ2n) is 5.80. The molecule has 0 saturated heterocycles. The summed E-state index contributed by atoms with van der Waals surface area (Å²) >= 11 is 0. The van der Waals surface area contributed by atoms with Crippen molar-refractivity contribution >= 4 is 29.9 Å². The van der Waals surface area contributed by atoms with Crippen LogP contribution in [0.25, 0.3) is 0 Å². The number of guanidine groups is 1. The molecule has 0 atom stereocenters. The van der Waals surface area contributed by atoms with Crippen molar-refractivity contribution in [3.05, 3.63) is 11.6 Å². The highest BCUT2D eigenvalue weighted by molar-refractivity contribution is 14.0. The quantitative estimate of drug-likeness (QED) is 0.411. The van der Waals surface area contributed by atoms with Gasteiger partial charge in [0.2, 0.25) is 0 Å². The Morgan fingerprint density at radius 1 is 1.36 bits per heavy atom. The summed E-state index contributed by atoms with van der Waals surface area (Å²) in [6.07, 6.45) is 2.18. The Labute approximate surface area is 149 Å². The first-order chi connectivity index (χ1) is 10.1. The zero-order chi connectivity index (χ0) is 15.3. The van der Waals surface area contributed by atoms with Crippen LogP contribution in [0.1, 0.15) is 38.8 Å². The van der Waals surface area contributed by atoms with Crippen molar-refractivity contribution in [2.45, 2.75) is 52.3 Å². The van der Waals surface area contributed by atoms with E-state index in [2.05, 4.69) is 30.4 Å². The van der Waals surface area contributed by atoms with Crippen LogP contribution in [0.5, 0.6) is 0 Å². The molecule has 0 amide bonds. The van der Waals surface area contributed by atoms with Crippen LogP contribution < -0.4 is 10.6 Å². The van der Waals surface area contributed by atoms with Gasteiger partial charge in [0.05, 0.1) is 5.60 Å². The molecule has 0 aromatic carbocycles. The number of aliphatic imine (C=N–C) groups is 1. The Kier molecular flexibility index (Phi) is 7.54. The van der Waals surface area contributed by atoms with Gasteiger partial charge in [-0.15, -0.1) is 34.2 Å². The topological polar surface area (TPSA) is 76.4 Å². The highest BCUT2D eigenvalue weighted by Crippen LogP contribution is 2.14. The normalized spacial score (nSPS) is 14.5. The average Bonchev–Trinajstić information content (AvgIpc) is 3.06. The first kappa shape index (κ1) is 19.1. The van der Waals surface area contributed by atoms with E-state index in [-0.39, 0.29) is 29.6 Å². The maximum atomic E-state index is 5.41. The van der Waals surface area contributed by atoms with Crippen molar-refractivity contribution in [3.63, 3.8) is 0 Å². The smallest absolute Gasteiger partial charge is 0.191 e. The highest BCUT2D eigenvalue weighted by atomic mass is 127. The molecule has 0 radical (unpaired) electrons. The monoisotopic (exact) mass is 422 g/mol. The van der Waals surface area contributed by atoms with Crippen molar-refractivity contribution in [1.82, 2.24) is 25.4 Å². The third-order valence-electron chi connectivity index (χ3n) is 3.64. The molecule has 2 rings (SSSR count). The number of halogens is 1. The van der Waals surface area contributed by atoms with Gasteiger partial charge in [0.25, 0.3) is 0 Å². The third-order valence-corrected chi connectivity index (χ3v) is 3.64. The molecule has 0 aliphatic carbocycles. The molecule has 0 saturated carbocycles. The minimum absolute atomic E-state index is 0. The fourth-order valence-electron chi connectivity index (χ4n) is 2.19. The molecular formula is C14H27IN6O. The standard InChI is InChI=1S/C14H26N6O.HI/c1-5-15-13(17-10-14(2,3)21-4)16-9-12-19-18-11-7-6-8-20(11)12;/h5-10H2,1-4H3,(H2,15,16,17);1H. The molecular weight excluding hydrogens is 395 g/mol. The number of nitrogens with one attached hydrogen (secondary N) is 2. The van der Waals surface area contributed by atoms with Crippen molar-refractivity contribution in [3.8, 4) is 0 Å². The largest absolute Gasteiger partial charge is 0.377 e. The summed E-state index contributed by atoms with van der Waals surface area (Å²) in [5.74, 6) is 2.79. The van der Waals surface area contributed by atoms with E-state index in [0.717, 1.165) is 43.5 Å². The summed E-state index contributed by atoms with van der Waals surface area (Å²) < 4.78 is 7.58. The second-order valence-corrected chi connectivity index (χ2v) is 5.80. The molecule has 7 nitrogen and oxygen atoms in total. The number of nitrogens with zero attached hydrogens (tertiary/aromatic N) is 4. The van der Waals surface area contributed by atoms with E-state index in [1.165, 1.54) is 0 Å². The second kappa shape index (κ2) is 8.66. The van der Waals surface area contributed by atoms with Crippen molar-refractivity contribution in [1.29, 1.82) is 0 Å². The van der Waals surface area contributed by atoms with Gasteiger partial charge in [-0.1, -0.05) is 0 Å². The lowest BCUT2D eigenvalue weighted by Crippen LogP contribution is -2.45. The zero-order valence-electron chi connectivity index (χ0n) is 13.8. The number of ether oxygens (including phenoxy) is 1. The first-order valence-corrected chi connectivity index (χ1v) is 7.54. The van der Waals surface area contributed by atoms with Crippen molar-refractivity contribution in [2.24, 2.45) is 4.99 Å². The van der Waals surface area contributed by atoms with Gasteiger partial charge in [-0.2, -0.15) is 0 Å². The van der Waals surface area contributed by atoms with Gasteiger partial charge >= 0.3 is 0 Å². The Morgan fingerprint density at radius 2 is 2.14 bits per heavy atom. The molecule has 2 heterocycles. The van der Waals surface area contributed by atoms with Gasteiger partial charge in [-0.05, 0) is 27.2 Å². The summed E-state index contributed by atoms with van der Waals surface area (Å²) in [5, 5.41) is 15.0. The lowest BCUT2D eigenvalue weighted by atomic mass is 10.1. The summed E-state index contributed by atoms with van der Waals surface area (Å²) in [6.45, 7) is 9.17. The Hall–Kier alpha value is -0.900. The van der Waals surface area contributed by atoms with Crippen LogP contribution >= 0.6 is 24.0 Å². The molecule has 2 N–H and O–H groups in total. The molecule has 1 aromatic rings. The minimum Gasteiger partial charge on any atom is -0.377 e. The molecule has 1 aliphatic heterocycles. The first-order valence-electron chi connectivity index (χ1n) is 7.54. The molecule has 8 heteroatoms. The maximum Gasteiger partial charge on any atom is 0.191 e. The maximum absolute atomic E-state index is 5.41. The Balaban J connectivity index is 0.00000242. The van der Waals surface area contributed by atoms with E-state index >= 15 is 0 Å². The number of aromatic nitrogens is 3. The van der Waals surface area contributed by atoms with Gasteiger partial charge in [-0.3, -0.25) is 0 Å². The van der Waals surface area contributed by atoms with Crippen LogP contribution in [0.4, 0.5) is 0 Å². The van der Waals surface area contributed by atoms with E-state index in [4.69, 9.17) is 4.74 Å². The fraction of sp³-hybridized carbons (Fsp3) is 0.786. The van der Waals surface area contributed by atoms with E-state index in [9.17, 15) is 0 Å². The van der Waals surface area contributed by atoms with E-state index < -0.39 is 0 Å². The van der Waals surface area contributed by atoms with Crippen molar-refractivity contribution < 1.29 is 4.74 Å². The SMILES string of the molecule is CCNC(=NCc1nnc2n1CCC2)NCC(C)(C)OC.I.